The molecule has 2 aromatic heterocycles. The highest BCUT2D eigenvalue weighted by Crippen LogP contribution is 2.27. The SMILES string of the molecule is CCc1ccc(C(Cc2cncs2)NC)s1. The van der Waals surface area contributed by atoms with Gasteiger partial charge in [0.15, 0.2) is 0 Å². The van der Waals surface area contributed by atoms with Crippen LogP contribution in [0.2, 0.25) is 0 Å². The first-order chi connectivity index (χ1) is 7.83. The highest BCUT2D eigenvalue weighted by atomic mass is 32.1. The van der Waals surface area contributed by atoms with Crippen molar-refractivity contribution < 1.29 is 0 Å². The third kappa shape index (κ3) is 2.70. The average molecular weight is 252 g/mol. The van der Waals surface area contributed by atoms with Gasteiger partial charge in [0, 0.05) is 33.3 Å². The molecule has 0 spiro atoms. The van der Waals surface area contributed by atoms with Gasteiger partial charge in [-0.25, -0.2) is 0 Å². The largest absolute Gasteiger partial charge is 0.312 e. The maximum absolute atomic E-state index is 4.12. The zero-order chi connectivity index (χ0) is 11.4. The molecule has 1 atom stereocenters. The third-order valence-corrected chi connectivity index (χ3v) is 4.76. The van der Waals surface area contributed by atoms with E-state index in [2.05, 4.69) is 29.4 Å². The van der Waals surface area contributed by atoms with Crippen molar-refractivity contribution in [1.29, 1.82) is 0 Å². The number of aromatic nitrogens is 1. The molecule has 4 heteroatoms. The van der Waals surface area contributed by atoms with Crippen molar-refractivity contribution >= 4 is 22.7 Å². The fraction of sp³-hybridized carbons (Fsp3) is 0.417. The molecular formula is C12H16N2S2. The minimum atomic E-state index is 0.422. The summed E-state index contributed by atoms with van der Waals surface area (Å²) in [5.41, 5.74) is 1.90. The average Bonchev–Trinajstić information content (AvgIpc) is 2.96. The van der Waals surface area contributed by atoms with E-state index in [4.69, 9.17) is 0 Å². The van der Waals surface area contributed by atoms with Crippen LogP contribution in [-0.4, -0.2) is 12.0 Å². The molecule has 2 nitrogen and oxygen atoms in total. The fourth-order valence-electron chi connectivity index (χ4n) is 1.66. The smallest absolute Gasteiger partial charge is 0.0794 e. The van der Waals surface area contributed by atoms with Crippen molar-refractivity contribution in [2.75, 3.05) is 7.05 Å². The van der Waals surface area contributed by atoms with Gasteiger partial charge in [0.25, 0.3) is 0 Å². The first-order valence-electron chi connectivity index (χ1n) is 5.46. The molecule has 0 saturated heterocycles. The Labute approximate surface area is 104 Å². The third-order valence-electron chi connectivity index (χ3n) is 2.61. The summed E-state index contributed by atoms with van der Waals surface area (Å²) in [5, 5.41) is 3.38. The highest BCUT2D eigenvalue weighted by Gasteiger charge is 2.13. The van der Waals surface area contributed by atoms with Crippen LogP contribution >= 0.6 is 22.7 Å². The maximum Gasteiger partial charge on any atom is 0.0794 e. The van der Waals surface area contributed by atoms with E-state index >= 15 is 0 Å². The molecule has 0 saturated carbocycles. The van der Waals surface area contributed by atoms with Crippen LogP contribution in [0.15, 0.2) is 23.8 Å². The molecule has 0 radical (unpaired) electrons. The Morgan fingerprint density at radius 2 is 2.25 bits per heavy atom. The van der Waals surface area contributed by atoms with E-state index in [0.29, 0.717) is 6.04 Å². The summed E-state index contributed by atoms with van der Waals surface area (Å²) in [4.78, 5) is 8.34. The Kier molecular flexibility index (Phi) is 4.09. The number of hydrogen-bond acceptors (Lipinski definition) is 4. The summed E-state index contributed by atoms with van der Waals surface area (Å²) in [6.07, 6.45) is 4.12. The van der Waals surface area contributed by atoms with Crippen molar-refractivity contribution in [2.24, 2.45) is 0 Å². The van der Waals surface area contributed by atoms with E-state index in [-0.39, 0.29) is 0 Å². The second kappa shape index (κ2) is 5.57. The number of nitrogens with one attached hydrogen (secondary N) is 1. The molecule has 86 valence electrons. The number of aryl methyl sites for hydroxylation is 1. The first kappa shape index (κ1) is 11.8. The number of likely N-dealkylation sites (N-methyl/N-ethyl adjacent to an activating group) is 1. The van der Waals surface area contributed by atoms with Crippen molar-refractivity contribution in [3.8, 4) is 0 Å². The second-order valence-corrected chi connectivity index (χ2v) is 5.84. The molecule has 0 aliphatic carbocycles. The lowest BCUT2D eigenvalue weighted by Crippen LogP contribution is -2.17. The summed E-state index contributed by atoms with van der Waals surface area (Å²) in [6.45, 7) is 2.20. The Balaban J connectivity index is 2.10. The summed E-state index contributed by atoms with van der Waals surface area (Å²) >= 11 is 3.64. The highest BCUT2D eigenvalue weighted by molar-refractivity contribution is 7.12. The van der Waals surface area contributed by atoms with Crippen LogP contribution in [0.3, 0.4) is 0 Å². The van der Waals surface area contributed by atoms with Crippen LogP contribution in [0.25, 0.3) is 0 Å². The molecule has 0 fully saturated rings. The minimum Gasteiger partial charge on any atom is -0.312 e. The van der Waals surface area contributed by atoms with Crippen LogP contribution in [0, 0.1) is 0 Å². The van der Waals surface area contributed by atoms with Crippen LogP contribution in [0.5, 0.6) is 0 Å². The van der Waals surface area contributed by atoms with Crippen molar-refractivity contribution in [3.05, 3.63) is 38.5 Å². The van der Waals surface area contributed by atoms with Crippen molar-refractivity contribution in [3.63, 3.8) is 0 Å². The number of hydrogen-bond donors (Lipinski definition) is 1. The monoisotopic (exact) mass is 252 g/mol. The van der Waals surface area contributed by atoms with Crippen molar-refractivity contribution in [2.45, 2.75) is 25.8 Å². The predicted octanol–water partition coefficient (Wildman–Crippen LogP) is 3.27. The van der Waals surface area contributed by atoms with Gasteiger partial charge in [-0.2, -0.15) is 0 Å². The van der Waals surface area contributed by atoms with Gasteiger partial charge in [-0.15, -0.1) is 22.7 Å². The zero-order valence-corrected chi connectivity index (χ0v) is 11.2. The molecule has 2 aromatic rings. The molecular weight excluding hydrogens is 236 g/mol. The number of nitrogens with zero attached hydrogens (tertiary/aromatic N) is 1. The van der Waals surface area contributed by atoms with Gasteiger partial charge in [0.05, 0.1) is 5.51 Å². The van der Waals surface area contributed by atoms with E-state index in [1.807, 2.05) is 30.1 Å². The topological polar surface area (TPSA) is 24.9 Å². The van der Waals surface area contributed by atoms with E-state index < -0.39 is 0 Å². The van der Waals surface area contributed by atoms with Gasteiger partial charge < -0.3 is 5.32 Å². The number of rotatable bonds is 5. The van der Waals surface area contributed by atoms with Crippen LogP contribution in [0.4, 0.5) is 0 Å². The van der Waals surface area contributed by atoms with Gasteiger partial charge in [-0.1, -0.05) is 6.92 Å². The molecule has 0 amide bonds. The Morgan fingerprint density at radius 1 is 1.38 bits per heavy atom. The Bertz CT molecular complexity index is 420. The lowest BCUT2D eigenvalue weighted by molar-refractivity contribution is 0.606. The molecule has 1 N–H and O–H groups in total. The van der Waals surface area contributed by atoms with Crippen LogP contribution in [0.1, 0.15) is 27.6 Å². The van der Waals surface area contributed by atoms with Gasteiger partial charge in [0.2, 0.25) is 0 Å². The van der Waals surface area contributed by atoms with Gasteiger partial charge in [-0.3, -0.25) is 4.98 Å². The summed E-state index contributed by atoms with van der Waals surface area (Å²) in [5.74, 6) is 0. The van der Waals surface area contributed by atoms with Crippen LogP contribution in [-0.2, 0) is 12.8 Å². The van der Waals surface area contributed by atoms with E-state index in [0.717, 1.165) is 12.8 Å². The molecule has 0 bridgehead atoms. The molecule has 0 aliphatic rings. The maximum atomic E-state index is 4.12. The van der Waals surface area contributed by atoms with E-state index in [9.17, 15) is 0 Å². The summed E-state index contributed by atoms with van der Waals surface area (Å²) in [7, 11) is 2.02. The van der Waals surface area contributed by atoms with Gasteiger partial charge in [0.1, 0.15) is 0 Å². The van der Waals surface area contributed by atoms with Gasteiger partial charge >= 0.3 is 0 Å². The van der Waals surface area contributed by atoms with Crippen molar-refractivity contribution in [1.82, 2.24) is 10.3 Å². The Morgan fingerprint density at radius 3 is 2.81 bits per heavy atom. The predicted molar refractivity (Wildman–Crippen MR) is 71.3 cm³/mol. The summed E-state index contributed by atoms with van der Waals surface area (Å²) in [6, 6.07) is 4.90. The van der Waals surface area contributed by atoms with E-state index in [1.54, 1.807) is 11.3 Å². The lowest BCUT2D eigenvalue weighted by Gasteiger charge is -2.12. The number of thiophene rings is 1. The Hall–Kier alpha value is -0.710. The molecule has 16 heavy (non-hydrogen) atoms. The quantitative estimate of drug-likeness (QED) is 0.883. The molecule has 2 rings (SSSR count). The van der Waals surface area contributed by atoms with Gasteiger partial charge in [-0.05, 0) is 25.6 Å². The molecule has 2 heterocycles. The summed E-state index contributed by atoms with van der Waals surface area (Å²) < 4.78 is 0. The van der Waals surface area contributed by atoms with E-state index in [1.165, 1.54) is 14.6 Å². The van der Waals surface area contributed by atoms with Crippen LogP contribution < -0.4 is 5.32 Å². The molecule has 1 unspecified atom stereocenters. The lowest BCUT2D eigenvalue weighted by atomic mass is 10.1. The minimum absolute atomic E-state index is 0.422. The number of thiazole rings is 1. The first-order valence-corrected chi connectivity index (χ1v) is 7.16. The molecule has 0 aliphatic heterocycles. The zero-order valence-electron chi connectivity index (χ0n) is 9.56. The molecule has 0 aromatic carbocycles. The standard InChI is InChI=1S/C12H16N2S2/c1-3-9-4-5-12(16-9)11(13-2)6-10-7-14-8-15-10/h4-5,7-8,11,13H,3,6H2,1-2H3. The second-order valence-electron chi connectivity index (χ2n) is 3.67. The normalized spacial score (nSPS) is 12.9. The fourth-order valence-corrected chi connectivity index (χ4v) is 3.37.